The minimum absolute atomic E-state index is 0.0469. The number of benzene rings is 2. The number of rotatable bonds is 10. The fourth-order valence-corrected chi connectivity index (χ4v) is 4.61. The first-order chi connectivity index (χ1) is 16.0. The second-order valence-electron chi connectivity index (χ2n) is 9.45. The molecule has 1 aliphatic heterocycles. The molecule has 0 aliphatic carbocycles. The molecule has 1 atom stereocenters. The van der Waals surface area contributed by atoms with Crippen LogP contribution in [0.5, 0.6) is 0 Å². The van der Waals surface area contributed by atoms with Crippen molar-refractivity contribution in [1.29, 1.82) is 0 Å². The Bertz CT molecular complexity index is 1120. The number of nitrogens with two attached hydrogens (primary N) is 1. The molecule has 8 heteroatoms. The number of aryl methyl sites for hydroxylation is 2. The lowest BCUT2D eigenvalue weighted by Gasteiger charge is -2.23. The van der Waals surface area contributed by atoms with Crippen molar-refractivity contribution in [2.75, 3.05) is 0 Å². The van der Waals surface area contributed by atoms with E-state index in [0.29, 0.717) is 46.9 Å². The monoisotopic (exact) mass is 505 g/mol. The average Bonchev–Trinajstić information content (AvgIpc) is 2.96. The molecule has 2 N–H and O–H groups in total. The predicted octanol–water partition coefficient (Wildman–Crippen LogP) is 5.73. The highest BCUT2D eigenvalue weighted by atomic mass is 35.5. The van der Waals surface area contributed by atoms with Gasteiger partial charge in [0, 0.05) is 12.8 Å². The van der Waals surface area contributed by atoms with Crippen molar-refractivity contribution in [2.24, 2.45) is 16.6 Å². The molecule has 0 fully saturated rings. The number of carbonyl (C=O) groups excluding carboxylic acids is 2. The number of amides is 1. The molecular formula is C26H30Cl2FN3O2. The van der Waals surface area contributed by atoms with Crippen LogP contribution in [0.4, 0.5) is 4.39 Å². The second kappa shape index (κ2) is 10.9. The van der Waals surface area contributed by atoms with E-state index < -0.39 is 11.4 Å². The van der Waals surface area contributed by atoms with Gasteiger partial charge in [-0.2, -0.15) is 0 Å². The van der Waals surface area contributed by atoms with E-state index in [9.17, 15) is 14.0 Å². The molecule has 0 radical (unpaired) electrons. The molecule has 1 heterocycles. The topological polar surface area (TPSA) is 75.8 Å². The van der Waals surface area contributed by atoms with Crippen LogP contribution in [0.3, 0.4) is 0 Å². The Kier molecular flexibility index (Phi) is 8.37. The molecular weight excluding hydrogens is 476 g/mol. The zero-order valence-corrected chi connectivity index (χ0v) is 21.2. The summed E-state index contributed by atoms with van der Waals surface area (Å²) in [5, 5.41) is 0.936. The molecule has 2 aromatic rings. The molecule has 2 aromatic carbocycles. The second-order valence-corrected chi connectivity index (χ2v) is 10.3. The third kappa shape index (κ3) is 6.36. The Labute approximate surface area is 210 Å². The van der Waals surface area contributed by atoms with Crippen molar-refractivity contribution in [1.82, 2.24) is 4.90 Å². The summed E-state index contributed by atoms with van der Waals surface area (Å²) in [6.45, 7) is 5.99. The summed E-state index contributed by atoms with van der Waals surface area (Å²) in [6.07, 6.45) is 2.05. The largest absolute Gasteiger partial charge is 0.369 e. The Balaban J connectivity index is 1.55. The van der Waals surface area contributed by atoms with Crippen LogP contribution >= 0.6 is 23.2 Å². The zero-order chi connectivity index (χ0) is 25.0. The zero-order valence-electron chi connectivity index (χ0n) is 19.7. The molecule has 1 unspecified atom stereocenters. The number of nitrogens with zero attached hydrogens (tertiary/aromatic N) is 2. The maximum absolute atomic E-state index is 14.7. The fourth-order valence-electron chi connectivity index (χ4n) is 4.29. The molecule has 0 saturated carbocycles. The summed E-state index contributed by atoms with van der Waals surface area (Å²) in [4.78, 5) is 31.0. The van der Waals surface area contributed by atoms with Gasteiger partial charge in [0.1, 0.15) is 17.1 Å². The molecule has 34 heavy (non-hydrogen) atoms. The van der Waals surface area contributed by atoms with Crippen LogP contribution in [0.25, 0.3) is 0 Å². The lowest BCUT2D eigenvalue weighted by atomic mass is 9.91. The van der Waals surface area contributed by atoms with E-state index in [0.717, 1.165) is 5.56 Å². The summed E-state index contributed by atoms with van der Waals surface area (Å²) in [7, 11) is 0. The van der Waals surface area contributed by atoms with E-state index in [-0.39, 0.29) is 36.5 Å². The fraction of sp³-hybridized carbons (Fsp3) is 0.423. The van der Waals surface area contributed by atoms with Gasteiger partial charge < -0.3 is 5.73 Å². The molecule has 1 amide bonds. The molecule has 0 saturated heterocycles. The smallest absolute Gasteiger partial charge is 0.257 e. The molecule has 1 aliphatic rings. The van der Waals surface area contributed by atoms with Gasteiger partial charge in [0.2, 0.25) is 0 Å². The Hall–Kier alpha value is -2.44. The van der Waals surface area contributed by atoms with Crippen molar-refractivity contribution in [3.05, 3.63) is 69.0 Å². The van der Waals surface area contributed by atoms with Crippen LogP contribution in [-0.4, -0.2) is 28.1 Å². The SMILES string of the molecule is CC(C)CC1(C)N=C(N)N(Cc2ccc(CCC(=O)CCc3ccc(Cl)c(Cl)c3)c(F)c2)C1=O. The van der Waals surface area contributed by atoms with E-state index >= 15 is 0 Å². The number of hydrogen-bond acceptors (Lipinski definition) is 4. The highest BCUT2D eigenvalue weighted by molar-refractivity contribution is 6.42. The van der Waals surface area contributed by atoms with Gasteiger partial charge in [-0.1, -0.05) is 55.2 Å². The molecule has 3 rings (SSSR count). The predicted molar refractivity (Wildman–Crippen MR) is 135 cm³/mol. The average molecular weight is 506 g/mol. The molecule has 0 aromatic heterocycles. The van der Waals surface area contributed by atoms with E-state index in [1.807, 2.05) is 19.9 Å². The third-order valence-electron chi connectivity index (χ3n) is 5.96. The number of hydrogen-bond donors (Lipinski definition) is 1. The number of ketones is 1. The van der Waals surface area contributed by atoms with Gasteiger partial charge in [-0.25, -0.2) is 9.38 Å². The molecule has 0 bridgehead atoms. The normalized spacial score (nSPS) is 18.0. The first-order valence-corrected chi connectivity index (χ1v) is 12.1. The van der Waals surface area contributed by atoms with Crippen LogP contribution in [0.15, 0.2) is 41.4 Å². The summed E-state index contributed by atoms with van der Waals surface area (Å²) in [6, 6.07) is 10.1. The Morgan fingerprint density at radius 1 is 1.09 bits per heavy atom. The maximum Gasteiger partial charge on any atom is 0.257 e. The molecule has 0 spiro atoms. The number of aliphatic imine (C=N–C) groups is 1. The van der Waals surface area contributed by atoms with Gasteiger partial charge >= 0.3 is 0 Å². The summed E-state index contributed by atoms with van der Waals surface area (Å²) >= 11 is 11.9. The number of guanidine groups is 1. The van der Waals surface area contributed by atoms with E-state index in [1.54, 1.807) is 31.2 Å². The van der Waals surface area contributed by atoms with Gasteiger partial charge in [-0.05, 0) is 67.0 Å². The van der Waals surface area contributed by atoms with Crippen molar-refractivity contribution >= 4 is 40.9 Å². The molecule has 5 nitrogen and oxygen atoms in total. The van der Waals surface area contributed by atoms with Gasteiger partial charge in [-0.15, -0.1) is 0 Å². The summed E-state index contributed by atoms with van der Waals surface area (Å²) in [5.74, 6) is -0.0811. The maximum atomic E-state index is 14.7. The number of halogens is 3. The number of carbonyl (C=O) groups is 2. The first-order valence-electron chi connectivity index (χ1n) is 11.4. The quantitative estimate of drug-likeness (QED) is 0.447. The minimum atomic E-state index is -0.881. The van der Waals surface area contributed by atoms with Crippen LogP contribution in [0.1, 0.15) is 56.7 Å². The minimum Gasteiger partial charge on any atom is -0.369 e. The van der Waals surface area contributed by atoms with E-state index in [1.165, 1.54) is 11.0 Å². The van der Waals surface area contributed by atoms with Gasteiger partial charge in [0.05, 0.1) is 16.6 Å². The van der Waals surface area contributed by atoms with Crippen LogP contribution in [-0.2, 0) is 29.0 Å². The molecule has 182 valence electrons. The third-order valence-corrected chi connectivity index (χ3v) is 6.70. The van der Waals surface area contributed by atoms with E-state index in [2.05, 4.69) is 4.99 Å². The van der Waals surface area contributed by atoms with Crippen molar-refractivity contribution < 1.29 is 14.0 Å². The van der Waals surface area contributed by atoms with Crippen molar-refractivity contribution in [3.8, 4) is 0 Å². The lowest BCUT2D eigenvalue weighted by Crippen LogP contribution is -2.43. The van der Waals surface area contributed by atoms with E-state index in [4.69, 9.17) is 28.9 Å². The standard InChI is InChI=1S/C26H30Cl2FN3O2/c1-16(2)14-26(3)24(34)32(25(30)31-26)15-18-4-7-19(23(29)13-18)8-10-20(33)9-5-17-6-11-21(27)22(28)12-17/h4,6-7,11-13,16H,5,8-10,14-15H2,1-3H3,(H2,30,31). The summed E-state index contributed by atoms with van der Waals surface area (Å²) < 4.78 is 14.7. The number of Topliss-reactive ketones (excluding diaryl/α,β-unsaturated/α-hetero) is 1. The van der Waals surface area contributed by atoms with Gasteiger partial charge in [0.25, 0.3) is 5.91 Å². The summed E-state index contributed by atoms with van der Waals surface area (Å²) in [5.41, 5.74) is 7.15. The Morgan fingerprint density at radius 3 is 2.41 bits per heavy atom. The first kappa shape index (κ1) is 26.2. The highest BCUT2D eigenvalue weighted by Crippen LogP contribution is 2.30. The highest BCUT2D eigenvalue weighted by Gasteiger charge is 2.44. The van der Waals surface area contributed by atoms with Crippen LogP contribution in [0.2, 0.25) is 10.0 Å². The van der Waals surface area contributed by atoms with Crippen molar-refractivity contribution in [2.45, 2.75) is 65.0 Å². The Morgan fingerprint density at radius 2 is 1.76 bits per heavy atom. The van der Waals surface area contributed by atoms with Crippen LogP contribution in [0, 0.1) is 11.7 Å². The van der Waals surface area contributed by atoms with Gasteiger partial charge in [0.15, 0.2) is 5.96 Å². The van der Waals surface area contributed by atoms with Gasteiger partial charge in [-0.3, -0.25) is 14.5 Å². The van der Waals surface area contributed by atoms with Crippen molar-refractivity contribution in [3.63, 3.8) is 0 Å². The van der Waals surface area contributed by atoms with Crippen LogP contribution < -0.4 is 5.73 Å². The lowest BCUT2D eigenvalue weighted by molar-refractivity contribution is -0.131.